The van der Waals surface area contributed by atoms with Crippen LogP contribution >= 0.6 is 0 Å². The third-order valence-electron chi connectivity index (χ3n) is 3.30. The Morgan fingerprint density at radius 1 is 1.18 bits per heavy atom. The van der Waals surface area contributed by atoms with Gasteiger partial charge in [0.1, 0.15) is 5.60 Å². The van der Waals surface area contributed by atoms with E-state index in [1.165, 1.54) is 19.3 Å². The molecule has 0 saturated heterocycles. The zero-order valence-corrected chi connectivity index (χ0v) is 14.9. The molecule has 22 heavy (non-hydrogen) atoms. The summed E-state index contributed by atoms with van der Waals surface area (Å²) in [7, 11) is 1.75. The van der Waals surface area contributed by atoms with E-state index in [1.807, 2.05) is 34.6 Å². The molecule has 1 saturated carbocycles. The predicted octanol–water partition coefficient (Wildman–Crippen LogP) is 2.25. The molecule has 1 amide bonds. The number of guanidine groups is 1. The average Bonchev–Trinajstić information content (AvgIpc) is 3.14. The van der Waals surface area contributed by atoms with Crippen molar-refractivity contribution in [1.29, 1.82) is 0 Å². The van der Waals surface area contributed by atoms with Crippen molar-refractivity contribution in [3.63, 3.8) is 0 Å². The molecule has 0 unspecified atom stereocenters. The number of amides is 1. The summed E-state index contributed by atoms with van der Waals surface area (Å²) in [4.78, 5) is 16.0. The predicted molar refractivity (Wildman–Crippen MR) is 90.2 cm³/mol. The highest BCUT2D eigenvalue weighted by Gasteiger charge is 2.25. The minimum Gasteiger partial charge on any atom is -0.444 e. The van der Waals surface area contributed by atoms with Gasteiger partial charge in [-0.25, -0.2) is 4.79 Å². The first-order chi connectivity index (χ1) is 10.1. The van der Waals surface area contributed by atoms with E-state index in [9.17, 15) is 4.79 Å². The van der Waals surface area contributed by atoms with Gasteiger partial charge in [0, 0.05) is 20.1 Å². The van der Waals surface area contributed by atoms with Crippen molar-refractivity contribution in [2.24, 2.45) is 10.9 Å². The summed E-state index contributed by atoms with van der Waals surface area (Å²) in [6.45, 7) is 10.9. The van der Waals surface area contributed by atoms with E-state index in [2.05, 4.69) is 20.9 Å². The molecule has 0 aromatic rings. The molecule has 6 heteroatoms. The highest BCUT2D eigenvalue weighted by Crippen LogP contribution is 2.31. The van der Waals surface area contributed by atoms with Gasteiger partial charge < -0.3 is 20.7 Å². The highest BCUT2D eigenvalue weighted by molar-refractivity contribution is 5.79. The Labute approximate surface area is 134 Å². The van der Waals surface area contributed by atoms with Gasteiger partial charge in [0.25, 0.3) is 0 Å². The van der Waals surface area contributed by atoms with Crippen molar-refractivity contribution in [2.45, 2.75) is 65.0 Å². The molecule has 0 aliphatic heterocycles. The maximum Gasteiger partial charge on any atom is 0.408 e. The maximum absolute atomic E-state index is 11.8. The summed E-state index contributed by atoms with van der Waals surface area (Å²) in [5.74, 6) is 1.66. The Balaban J connectivity index is 2.30. The van der Waals surface area contributed by atoms with E-state index in [0.717, 1.165) is 18.4 Å². The van der Waals surface area contributed by atoms with Gasteiger partial charge in [-0.15, -0.1) is 0 Å². The summed E-state index contributed by atoms with van der Waals surface area (Å²) in [6, 6.07) is 0. The van der Waals surface area contributed by atoms with Crippen LogP contribution in [-0.4, -0.2) is 43.3 Å². The molecular formula is C16H32N4O2. The molecule has 0 radical (unpaired) electrons. The van der Waals surface area contributed by atoms with Crippen LogP contribution in [0, 0.1) is 5.92 Å². The third kappa shape index (κ3) is 8.74. The van der Waals surface area contributed by atoms with Crippen molar-refractivity contribution in [3.05, 3.63) is 0 Å². The number of ether oxygens (including phenoxy) is 1. The van der Waals surface area contributed by atoms with Gasteiger partial charge in [-0.05, 0) is 47.0 Å². The summed E-state index contributed by atoms with van der Waals surface area (Å²) < 4.78 is 5.28. The van der Waals surface area contributed by atoms with E-state index in [1.54, 1.807) is 7.05 Å². The Hall–Kier alpha value is -1.46. The Morgan fingerprint density at radius 3 is 2.32 bits per heavy atom. The monoisotopic (exact) mass is 312 g/mol. The molecule has 1 aliphatic carbocycles. The summed E-state index contributed by atoms with van der Waals surface area (Å²) in [5, 5.41) is 9.41. The molecule has 3 N–H and O–H groups in total. The molecule has 0 bridgehead atoms. The van der Waals surface area contributed by atoms with E-state index < -0.39 is 17.2 Å². The fourth-order valence-electron chi connectivity index (χ4n) is 1.95. The van der Waals surface area contributed by atoms with Crippen LogP contribution in [0.2, 0.25) is 0 Å². The second-order valence-corrected chi connectivity index (χ2v) is 7.60. The number of alkyl carbamates (subject to hydrolysis) is 1. The summed E-state index contributed by atoms with van der Waals surface area (Å²) in [6.07, 6.45) is 3.51. The molecule has 0 spiro atoms. The molecule has 0 heterocycles. The smallest absolute Gasteiger partial charge is 0.408 e. The number of aliphatic imine (C=N–C) groups is 1. The zero-order chi connectivity index (χ0) is 16.8. The number of nitrogens with one attached hydrogen (secondary N) is 3. The molecule has 1 aliphatic rings. The maximum atomic E-state index is 11.8. The largest absolute Gasteiger partial charge is 0.444 e. The van der Waals surface area contributed by atoms with Crippen molar-refractivity contribution >= 4 is 12.1 Å². The number of rotatable bonds is 6. The van der Waals surface area contributed by atoms with Gasteiger partial charge in [-0.1, -0.05) is 12.8 Å². The van der Waals surface area contributed by atoms with Gasteiger partial charge >= 0.3 is 6.09 Å². The van der Waals surface area contributed by atoms with Crippen molar-refractivity contribution in [3.8, 4) is 0 Å². The van der Waals surface area contributed by atoms with Crippen LogP contribution in [0.4, 0.5) is 4.79 Å². The molecular weight excluding hydrogens is 280 g/mol. The first kappa shape index (κ1) is 18.6. The average molecular weight is 312 g/mol. The number of hydrogen-bond donors (Lipinski definition) is 3. The second-order valence-electron chi connectivity index (χ2n) is 7.60. The molecule has 0 aromatic heterocycles. The van der Waals surface area contributed by atoms with Crippen molar-refractivity contribution < 1.29 is 9.53 Å². The fraction of sp³-hybridized carbons (Fsp3) is 0.875. The van der Waals surface area contributed by atoms with E-state index in [-0.39, 0.29) is 0 Å². The SMILES string of the molecule is CN=C(NCCC1CC1)NCC(C)(C)NC(=O)OC(C)(C)C. The van der Waals surface area contributed by atoms with Gasteiger partial charge in [0.15, 0.2) is 5.96 Å². The van der Waals surface area contributed by atoms with Crippen LogP contribution in [0.15, 0.2) is 4.99 Å². The Bertz CT molecular complexity index is 395. The van der Waals surface area contributed by atoms with Crippen LogP contribution in [-0.2, 0) is 4.74 Å². The molecule has 0 aromatic carbocycles. The minimum atomic E-state index is -0.492. The van der Waals surface area contributed by atoms with Gasteiger partial charge in [0.05, 0.1) is 5.54 Å². The van der Waals surface area contributed by atoms with E-state index in [4.69, 9.17) is 4.74 Å². The zero-order valence-electron chi connectivity index (χ0n) is 14.9. The first-order valence-electron chi connectivity index (χ1n) is 8.07. The number of carbonyl (C=O) groups is 1. The highest BCUT2D eigenvalue weighted by atomic mass is 16.6. The number of hydrogen-bond acceptors (Lipinski definition) is 3. The molecule has 6 nitrogen and oxygen atoms in total. The molecule has 1 rings (SSSR count). The first-order valence-corrected chi connectivity index (χ1v) is 8.07. The van der Waals surface area contributed by atoms with Crippen molar-refractivity contribution in [2.75, 3.05) is 20.1 Å². The lowest BCUT2D eigenvalue weighted by atomic mass is 10.1. The third-order valence-corrected chi connectivity index (χ3v) is 3.30. The summed E-state index contributed by atoms with van der Waals surface area (Å²) >= 11 is 0. The lowest BCUT2D eigenvalue weighted by molar-refractivity contribution is 0.0474. The fourth-order valence-corrected chi connectivity index (χ4v) is 1.95. The second kappa shape index (κ2) is 7.70. The van der Waals surface area contributed by atoms with Gasteiger partial charge in [0.2, 0.25) is 0 Å². The van der Waals surface area contributed by atoms with Crippen molar-refractivity contribution in [1.82, 2.24) is 16.0 Å². The quantitative estimate of drug-likeness (QED) is 0.519. The number of carbonyl (C=O) groups excluding carboxylic acids is 1. The number of nitrogens with zero attached hydrogens (tertiary/aromatic N) is 1. The van der Waals surface area contributed by atoms with Crippen LogP contribution in [0.5, 0.6) is 0 Å². The van der Waals surface area contributed by atoms with Crippen LogP contribution in [0.25, 0.3) is 0 Å². The van der Waals surface area contributed by atoms with E-state index >= 15 is 0 Å². The van der Waals surface area contributed by atoms with Crippen LogP contribution < -0.4 is 16.0 Å². The normalized spacial score (nSPS) is 16.2. The minimum absolute atomic E-state index is 0.407. The molecule has 0 atom stereocenters. The topological polar surface area (TPSA) is 74.8 Å². The molecule has 1 fully saturated rings. The standard InChI is InChI=1S/C16H32N4O2/c1-15(2,3)22-14(21)20-16(4,5)11-19-13(17-6)18-10-9-12-7-8-12/h12H,7-11H2,1-6H3,(H,20,21)(H2,17,18,19). The summed E-state index contributed by atoms with van der Waals surface area (Å²) in [5.41, 5.74) is -0.926. The lowest BCUT2D eigenvalue weighted by Crippen LogP contribution is -2.54. The Kier molecular flexibility index (Phi) is 6.50. The lowest BCUT2D eigenvalue weighted by Gasteiger charge is -2.29. The van der Waals surface area contributed by atoms with E-state index in [0.29, 0.717) is 6.54 Å². The van der Waals surface area contributed by atoms with Gasteiger partial charge in [-0.2, -0.15) is 0 Å². The van der Waals surface area contributed by atoms with Gasteiger partial charge in [-0.3, -0.25) is 4.99 Å². The van der Waals surface area contributed by atoms with Crippen LogP contribution in [0.3, 0.4) is 0 Å². The molecule has 128 valence electrons. The Morgan fingerprint density at radius 2 is 1.82 bits per heavy atom. The van der Waals surface area contributed by atoms with Crippen LogP contribution in [0.1, 0.15) is 53.9 Å².